The van der Waals surface area contributed by atoms with Crippen molar-refractivity contribution in [2.24, 2.45) is 0 Å². The third-order valence-corrected chi connectivity index (χ3v) is 2.89. The maximum Gasteiger partial charge on any atom is 0.257 e. The molecule has 1 aromatic carbocycles. The summed E-state index contributed by atoms with van der Waals surface area (Å²) in [5.41, 5.74) is 1.68. The average molecular weight is 296 g/mol. The number of aromatic nitrogens is 1. The zero-order valence-corrected chi connectivity index (χ0v) is 11.6. The molecule has 0 radical (unpaired) electrons. The van der Waals surface area contributed by atoms with Gasteiger partial charge < -0.3 is 10.6 Å². The second-order valence-electron chi connectivity index (χ2n) is 3.78. The van der Waals surface area contributed by atoms with Gasteiger partial charge in [-0.2, -0.15) is 0 Å². The minimum absolute atomic E-state index is 0.259. The zero-order chi connectivity index (χ0) is 13.8. The van der Waals surface area contributed by atoms with Crippen LogP contribution in [0.4, 0.5) is 11.4 Å². The van der Waals surface area contributed by atoms with Crippen LogP contribution in [0.1, 0.15) is 10.4 Å². The second kappa shape index (κ2) is 5.91. The fourth-order valence-corrected chi connectivity index (χ4v) is 2.14. The number of halogens is 2. The first-order valence-corrected chi connectivity index (χ1v) is 6.25. The summed E-state index contributed by atoms with van der Waals surface area (Å²) in [6.45, 7) is 0. The Balaban J connectivity index is 2.25. The summed E-state index contributed by atoms with van der Waals surface area (Å²) in [4.78, 5) is 16.1. The van der Waals surface area contributed by atoms with Crippen molar-refractivity contribution in [3.05, 3.63) is 52.3 Å². The number of nitrogens with zero attached hydrogens (tertiary/aromatic N) is 1. The molecule has 0 saturated heterocycles. The molecule has 0 aliphatic heterocycles. The first-order valence-electron chi connectivity index (χ1n) is 5.49. The lowest BCUT2D eigenvalue weighted by molar-refractivity contribution is 0.102. The van der Waals surface area contributed by atoms with Crippen molar-refractivity contribution in [2.75, 3.05) is 17.7 Å². The molecule has 2 aromatic rings. The van der Waals surface area contributed by atoms with Gasteiger partial charge in [-0.25, -0.2) is 0 Å². The van der Waals surface area contributed by atoms with Gasteiger partial charge in [0.1, 0.15) is 0 Å². The Hall–Kier alpha value is -1.78. The van der Waals surface area contributed by atoms with Gasteiger partial charge in [-0.05, 0) is 24.3 Å². The zero-order valence-electron chi connectivity index (χ0n) is 10.1. The molecule has 6 heteroatoms. The number of benzene rings is 1. The van der Waals surface area contributed by atoms with Crippen LogP contribution in [0.25, 0.3) is 0 Å². The van der Waals surface area contributed by atoms with Crippen molar-refractivity contribution in [3.63, 3.8) is 0 Å². The Kier molecular flexibility index (Phi) is 4.24. The van der Waals surface area contributed by atoms with Gasteiger partial charge in [-0.1, -0.05) is 23.2 Å². The van der Waals surface area contributed by atoms with E-state index in [-0.39, 0.29) is 5.91 Å². The van der Waals surface area contributed by atoms with Crippen LogP contribution in [0.15, 0.2) is 36.7 Å². The van der Waals surface area contributed by atoms with Crippen molar-refractivity contribution >= 4 is 40.5 Å². The predicted molar refractivity (Wildman–Crippen MR) is 78.2 cm³/mol. The average Bonchev–Trinajstić information content (AvgIpc) is 2.37. The Bertz CT molecular complexity index is 596. The van der Waals surface area contributed by atoms with Gasteiger partial charge in [0, 0.05) is 29.0 Å². The van der Waals surface area contributed by atoms with Gasteiger partial charge in [0.15, 0.2) is 0 Å². The highest BCUT2D eigenvalue weighted by Crippen LogP contribution is 2.23. The molecular formula is C13H11Cl2N3O. The summed E-state index contributed by atoms with van der Waals surface area (Å²) < 4.78 is 0. The lowest BCUT2D eigenvalue weighted by Crippen LogP contribution is -2.14. The first-order chi connectivity index (χ1) is 9.10. The third kappa shape index (κ3) is 3.36. The summed E-state index contributed by atoms with van der Waals surface area (Å²) >= 11 is 11.8. The van der Waals surface area contributed by atoms with Gasteiger partial charge in [0.05, 0.1) is 17.4 Å². The van der Waals surface area contributed by atoms with Crippen molar-refractivity contribution in [1.82, 2.24) is 4.98 Å². The van der Waals surface area contributed by atoms with E-state index in [2.05, 4.69) is 15.6 Å². The van der Waals surface area contributed by atoms with Crippen molar-refractivity contribution in [3.8, 4) is 0 Å². The molecule has 2 N–H and O–H groups in total. The van der Waals surface area contributed by atoms with E-state index in [0.717, 1.165) is 0 Å². The van der Waals surface area contributed by atoms with Crippen LogP contribution in [0.3, 0.4) is 0 Å². The van der Waals surface area contributed by atoms with Crippen molar-refractivity contribution in [2.45, 2.75) is 0 Å². The number of pyridine rings is 1. The summed E-state index contributed by atoms with van der Waals surface area (Å²) in [5, 5.41) is 6.58. The number of nitrogens with one attached hydrogen (secondary N) is 2. The summed E-state index contributed by atoms with van der Waals surface area (Å²) in [6.07, 6.45) is 3.14. The predicted octanol–water partition coefficient (Wildman–Crippen LogP) is 3.68. The summed E-state index contributed by atoms with van der Waals surface area (Å²) in [7, 11) is 1.73. The lowest BCUT2D eigenvalue weighted by Gasteiger charge is -2.09. The number of hydrogen-bond acceptors (Lipinski definition) is 3. The molecule has 0 aliphatic rings. The van der Waals surface area contributed by atoms with E-state index in [1.807, 2.05) is 0 Å². The highest BCUT2D eigenvalue weighted by atomic mass is 35.5. The maximum absolute atomic E-state index is 12.2. The second-order valence-corrected chi connectivity index (χ2v) is 4.66. The van der Waals surface area contributed by atoms with Crippen LogP contribution in [0.5, 0.6) is 0 Å². The third-order valence-electron chi connectivity index (χ3n) is 2.46. The highest BCUT2D eigenvalue weighted by Gasteiger charge is 2.11. The van der Waals surface area contributed by atoms with E-state index >= 15 is 0 Å². The van der Waals surface area contributed by atoms with Gasteiger partial charge in [0.2, 0.25) is 0 Å². The number of carbonyl (C=O) groups excluding carboxylic acids is 1. The molecule has 4 nitrogen and oxygen atoms in total. The molecule has 0 spiro atoms. The topological polar surface area (TPSA) is 54.0 Å². The minimum Gasteiger partial charge on any atom is -0.386 e. The smallest absolute Gasteiger partial charge is 0.257 e. The van der Waals surface area contributed by atoms with E-state index in [9.17, 15) is 4.79 Å². The SMILES string of the molecule is CNc1cnccc1C(=O)Nc1cc(Cl)cc(Cl)c1. The summed E-state index contributed by atoms with van der Waals surface area (Å²) in [6, 6.07) is 6.49. The van der Waals surface area contributed by atoms with Crippen LogP contribution in [0.2, 0.25) is 10.0 Å². The van der Waals surface area contributed by atoms with Crippen LogP contribution in [-0.2, 0) is 0 Å². The quantitative estimate of drug-likeness (QED) is 0.908. The monoisotopic (exact) mass is 295 g/mol. The lowest BCUT2D eigenvalue weighted by atomic mass is 10.2. The summed E-state index contributed by atoms with van der Waals surface area (Å²) in [5.74, 6) is -0.259. The fourth-order valence-electron chi connectivity index (χ4n) is 1.62. The number of carbonyl (C=O) groups is 1. The van der Waals surface area contributed by atoms with Crippen molar-refractivity contribution < 1.29 is 4.79 Å². The number of amides is 1. The van der Waals surface area contributed by atoms with Gasteiger partial charge >= 0.3 is 0 Å². The molecule has 0 unspecified atom stereocenters. The van der Waals surface area contributed by atoms with E-state index in [1.165, 1.54) is 0 Å². The number of rotatable bonds is 3. The molecule has 98 valence electrons. The molecule has 0 aliphatic carbocycles. The molecule has 1 heterocycles. The highest BCUT2D eigenvalue weighted by molar-refractivity contribution is 6.35. The standard InChI is InChI=1S/C13H11Cl2N3O/c1-16-12-7-17-3-2-11(12)13(19)18-10-5-8(14)4-9(15)6-10/h2-7,16H,1H3,(H,18,19). The van der Waals surface area contributed by atoms with Crippen LogP contribution < -0.4 is 10.6 Å². The van der Waals surface area contributed by atoms with Gasteiger partial charge in [0.25, 0.3) is 5.91 Å². The van der Waals surface area contributed by atoms with E-state index in [1.54, 1.807) is 43.7 Å². The van der Waals surface area contributed by atoms with Gasteiger partial charge in [-0.15, -0.1) is 0 Å². The molecule has 19 heavy (non-hydrogen) atoms. The molecule has 0 bridgehead atoms. The molecular weight excluding hydrogens is 285 g/mol. The van der Waals surface area contributed by atoms with Crippen LogP contribution >= 0.6 is 23.2 Å². The molecule has 2 rings (SSSR count). The van der Waals surface area contributed by atoms with Crippen LogP contribution in [0, 0.1) is 0 Å². The Labute approximate surface area is 120 Å². The first kappa shape index (κ1) is 13.6. The maximum atomic E-state index is 12.2. The Morgan fingerprint density at radius 1 is 1.21 bits per heavy atom. The fraction of sp³-hybridized carbons (Fsp3) is 0.0769. The van der Waals surface area contributed by atoms with E-state index in [0.29, 0.717) is 27.0 Å². The largest absolute Gasteiger partial charge is 0.386 e. The Morgan fingerprint density at radius 3 is 2.53 bits per heavy atom. The number of anilines is 2. The van der Waals surface area contributed by atoms with Crippen LogP contribution in [-0.4, -0.2) is 17.9 Å². The molecule has 0 fully saturated rings. The minimum atomic E-state index is -0.259. The normalized spacial score (nSPS) is 10.1. The molecule has 1 aromatic heterocycles. The van der Waals surface area contributed by atoms with E-state index < -0.39 is 0 Å². The molecule has 1 amide bonds. The molecule has 0 atom stereocenters. The Morgan fingerprint density at radius 2 is 1.89 bits per heavy atom. The molecule has 0 saturated carbocycles. The van der Waals surface area contributed by atoms with Gasteiger partial charge in [-0.3, -0.25) is 9.78 Å². The number of hydrogen-bond donors (Lipinski definition) is 2. The van der Waals surface area contributed by atoms with E-state index in [4.69, 9.17) is 23.2 Å². The van der Waals surface area contributed by atoms with Crippen molar-refractivity contribution in [1.29, 1.82) is 0 Å².